The molecule has 4 heterocycles. The first-order valence-electron chi connectivity index (χ1n) is 22.6. The number of phenolic OH excluding ortho intramolecular Hbond substituents is 1. The number of halogens is 3. The highest BCUT2D eigenvalue weighted by molar-refractivity contribution is 8.00. The van der Waals surface area contributed by atoms with E-state index < -0.39 is 36.4 Å². The standard InChI is InChI=1S/C24H23F3N4O5S3.C24H27N3O5S2/c25-24(26,27)38-20-3-1-2-18(14-20)29-17-10-12-30(13-11-17)39(35,36)22-9-8-21(37-22)15-28-23(32)16-4-6-19(7-5-16)31(33)34;1-32-19-6-4-5-17(15-19)24(29)25-16-20-9-10-23(33-20)34(30,31)27-13-11-18(12-14-27)26-21-7-2-3-8-22(21)28/h1-9,14,17,29H,10-13,15H2,(H,28,32);2-10,15,18,26,28H,11-14,16H2,1H3,(H,25,29). The minimum atomic E-state index is -4.38. The molecule has 0 radical (unpaired) electrons. The molecule has 25 heteroatoms. The number of sulfonamides is 2. The number of alkyl halides is 3. The number of nitro groups is 1. The van der Waals surface area contributed by atoms with E-state index in [1.807, 2.05) is 6.07 Å². The molecular weight excluding hydrogens is 1050 g/mol. The second-order valence-corrected chi connectivity index (χ2v) is 24.4. The Bertz CT molecular complexity index is 3100. The van der Waals surface area contributed by atoms with Crippen molar-refractivity contribution in [1.29, 1.82) is 0 Å². The number of hydrogen-bond donors (Lipinski definition) is 5. The molecule has 2 amide bonds. The second-order valence-electron chi connectivity index (χ2n) is 16.6. The number of piperidine rings is 2. The van der Waals surface area contributed by atoms with E-state index in [4.69, 9.17) is 4.74 Å². The Morgan fingerprint density at radius 3 is 1.78 bits per heavy atom. The van der Waals surface area contributed by atoms with Crippen molar-refractivity contribution < 1.29 is 54.4 Å². The molecule has 2 aliphatic heterocycles. The van der Waals surface area contributed by atoms with Gasteiger partial charge in [-0.15, -0.1) is 22.7 Å². The molecule has 2 saturated heterocycles. The third-order valence-electron chi connectivity index (χ3n) is 11.6. The summed E-state index contributed by atoms with van der Waals surface area (Å²) in [6.07, 6.45) is 2.25. The summed E-state index contributed by atoms with van der Waals surface area (Å²) in [6.45, 7) is 1.62. The number of carbonyl (C=O) groups is 2. The summed E-state index contributed by atoms with van der Waals surface area (Å²) in [5.41, 5.74) is -2.59. The molecule has 0 bridgehead atoms. The number of anilines is 2. The van der Waals surface area contributed by atoms with Gasteiger partial charge in [-0.3, -0.25) is 19.7 Å². The normalized spacial score (nSPS) is 15.1. The Hall–Kier alpha value is -6.22. The topological polar surface area (TPSA) is 230 Å². The van der Waals surface area contributed by atoms with Gasteiger partial charge >= 0.3 is 5.51 Å². The van der Waals surface area contributed by atoms with Crippen molar-refractivity contribution in [2.75, 3.05) is 43.9 Å². The van der Waals surface area contributed by atoms with Crippen molar-refractivity contribution in [2.45, 2.75) is 69.7 Å². The predicted molar refractivity (Wildman–Crippen MR) is 274 cm³/mol. The van der Waals surface area contributed by atoms with Gasteiger partial charge in [0.15, 0.2) is 0 Å². The number of nitrogens with one attached hydrogen (secondary N) is 4. The van der Waals surface area contributed by atoms with Crippen LogP contribution in [0.1, 0.15) is 56.2 Å². The molecule has 4 aromatic carbocycles. The van der Waals surface area contributed by atoms with Crippen LogP contribution >= 0.6 is 34.4 Å². The Morgan fingerprint density at radius 1 is 0.712 bits per heavy atom. The van der Waals surface area contributed by atoms with Crippen molar-refractivity contribution in [2.24, 2.45) is 0 Å². The van der Waals surface area contributed by atoms with Gasteiger partial charge in [-0.25, -0.2) is 16.8 Å². The number of carbonyl (C=O) groups excluding carboxylic acids is 2. The Morgan fingerprint density at radius 2 is 1.25 bits per heavy atom. The van der Waals surface area contributed by atoms with Crippen molar-refractivity contribution >= 4 is 83.4 Å². The van der Waals surface area contributed by atoms with Crippen LogP contribution in [0.3, 0.4) is 0 Å². The zero-order valence-electron chi connectivity index (χ0n) is 38.9. The van der Waals surface area contributed by atoms with Crippen LogP contribution in [0.15, 0.2) is 135 Å². The van der Waals surface area contributed by atoms with E-state index in [1.165, 1.54) is 69.5 Å². The highest BCUT2D eigenvalue weighted by atomic mass is 32.3. The molecule has 2 aliphatic rings. The number of benzene rings is 4. The molecule has 8 rings (SSSR count). The van der Waals surface area contributed by atoms with E-state index in [0.717, 1.165) is 16.2 Å². The van der Waals surface area contributed by atoms with Gasteiger partial charge in [0.1, 0.15) is 19.9 Å². The molecule has 2 aromatic heterocycles. The SMILES string of the molecule is COc1cccc(C(=O)NCc2ccc(S(=O)(=O)N3CCC(Nc4ccccc4O)CC3)s2)c1.O=C(NCc1ccc(S(=O)(=O)N2CCC(Nc3cccc(SC(F)(F)F)c3)CC2)s1)c1ccc([N+](=O)[O-])cc1. The van der Waals surface area contributed by atoms with Crippen LogP contribution in [0.4, 0.5) is 30.2 Å². The lowest BCUT2D eigenvalue weighted by Gasteiger charge is -2.31. The maximum atomic E-state index is 13.2. The lowest BCUT2D eigenvalue weighted by molar-refractivity contribution is -0.384. The summed E-state index contributed by atoms with van der Waals surface area (Å²) in [4.78, 5) is 36.4. The van der Waals surface area contributed by atoms with Gasteiger partial charge in [0, 0.05) is 81.9 Å². The molecule has 6 aromatic rings. The Labute approximate surface area is 432 Å². The molecule has 73 heavy (non-hydrogen) atoms. The maximum absolute atomic E-state index is 13.2. The number of ether oxygens (including phenoxy) is 1. The number of phenols is 1. The van der Waals surface area contributed by atoms with Crippen molar-refractivity contribution in [3.05, 3.63) is 152 Å². The zero-order chi connectivity index (χ0) is 52.3. The monoisotopic (exact) mass is 1100 g/mol. The van der Waals surface area contributed by atoms with Crippen LogP contribution in [-0.2, 0) is 33.1 Å². The van der Waals surface area contributed by atoms with Crippen LogP contribution < -0.4 is 26.0 Å². The minimum absolute atomic E-state index is 0.0740. The summed E-state index contributed by atoms with van der Waals surface area (Å²) < 4.78 is 99.0. The number of aromatic hydroxyl groups is 1. The molecule has 388 valence electrons. The highest BCUT2D eigenvalue weighted by Crippen LogP contribution is 2.38. The maximum Gasteiger partial charge on any atom is 0.446 e. The molecular formula is C48H50F3N7O10S5. The third kappa shape index (κ3) is 15.0. The molecule has 0 saturated carbocycles. The van der Waals surface area contributed by atoms with Gasteiger partial charge in [0.25, 0.3) is 37.5 Å². The summed E-state index contributed by atoms with van der Waals surface area (Å²) in [5.74, 6) is 0.0781. The fraction of sp³-hybridized carbons (Fsp3) is 0.292. The van der Waals surface area contributed by atoms with Gasteiger partial charge < -0.3 is 31.1 Å². The molecule has 17 nitrogen and oxygen atoms in total. The number of amides is 2. The third-order valence-corrected chi connectivity index (χ3v) is 19.2. The molecule has 0 unspecified atom stereocenters. The number of rotatable bonds is 17. The number of methoxy groups -OCH3 is 1. The molecule has 0 aliphatic carbocycles. The summed E-state index contributed by atoms with van der Waals surface area (Å²) >= 11 is 2.02. The van der Waals surface area contributed by atoms with Gasteiger partial charge in [-0.1, -0.05) is 24.3 Å². The fourth-order valence-corrected chi connectivity index (χ4v) is 14.2. The van der Waals surface area contributed by atoms with E-state index in [0.29, 0.717) is 66.3 Å². The number of nitro benzene ring substituents is 1. The average molecular weight is 1100 g/mol. The Balaban J connectivity index is 0.000000216. The van der Waals surface area contributed by atoms with Gasteiger partial charge in [-0.05, 0) is 122 Å². The summed E-state index contributed by atoms with van der Waals surface area (Å²) in [7, 11) is -5.81. The van der Waals surface area contributed by atoms with Crippen molar-refractivity contribution in [1.82, 2.24) is 19.2 Å². The quantitative estimate of drug-likeness (QED) is 0.0249. The summed E-state index contributed by atoms with van der Waals surface area (Å²) in [5, 5.41) is 32.7. The molecule has 0 spiro atoms. The first-order chi connectivity index (χ1) is 34.8. The number of hydrogen-bond acceptors (Lipinski definition) is 15. The predicted octanol–water partition coefficient (Wildman–Crippen LogP) is 9.12. The number of thiophene rings is 2. The van der Waals surface area contributed by atoms with Gasteiger partial charge in [0.2, 0.25) is 0 Å². The lowest BCUT2D eigenvalue weighted by atomic mass is 10.1. The first-order valence-corrected chi connectivity index (χ1v) is 27.9. The number of nitrogens with zero attached hydrogens (tertiary/aromatic N) is 3. The molecule has 5 N–H and O–H groups in total. The van der Waals surface area contributed by atoms with Crippen LogP contribution in [0.25, 0.3) is 0 Å². The van der Waals surface area contributed by atoms with E-state index in [9.17, 15) is 54.8 Å². The Kier molecular flexibility index (Phi) is 18.1. The summed E-state index contributed by atoms with van der Waals surface area (Å²) in [6, 6.07) is 31.5. The van der Waals surface area contributed by atoms with Crippen LogP contribution in [0, 0.1) is 10.1 Å². The number of non-ortho nitro benzene ring substituents is 1. The zero-order valence-corrected chi connectivity index (χ0v) is 43.0. The van der Waals surface area contributed by atoms with E-state index in [-0.39, 0.29) is 86.2 Å². The number of para-hydroxylation sites is 2. The highest BCUT2D eigenvalue weighted by Gasteiger charge is 2.33. The molecule has 2 fully saturated rings. The second kappa shape index (κ2) is 24.2. The first kappa shape index (κ1) is 54.6. The van der Waals surface area contributed by atoms with E-state index >= 15 is 0 Å². The lowest BCUT2D eigenvalue weighted by Crippen LogP contribution is -2.42. The van der Waals surface area contributed by atoms with Crippen molar-refractivity contribution in [3.8, 4) is 11.5 Å². The minimum Gasteiger partial charge on any atom is -0.506 e. The largest absolute Gasteiger partial charge is 0.506 e. The smallest absolute Gasteiger partial charge is 0.446 e. The van der Waals surface area contributed by atoms with Gasteiger partial charge in [0.05, 0.1) is 30.8 Å². The molecule has 0 atom stereocenters. The van der Waals surface area contributed by atoms with Gasteiger partial charge in [-0.2, -0.15) is 21.8 Å². The number of thioether (sulfide) groups is 1. The average Bonchev–Trinajstić information content (AvgIpc) is 4.08. The van der Waals surface area contributed by atoms with Crippen LogP contribution in [0.5, 0.6) is 11.5 Å². The van der Waals surface area contributed by atoms with Crippen LogP contribution in [-0.4, -0.2) is 98.2 Å². The fourth-order valence-electron chi connectivity index (χ4n) is 7.79. The van der Waals surface area contributed by atoms with E-state index in [1.54, 1.807) is 72.8 Å². The van der Waals surface area contributed by atoms with E-state index in [2.05, 4.69) is 21.3 Å². The van der Waals surface area contributed by atoms with Crippen LogP contribution in [0.2, 0.25) is 0 Å². The van der Waals surface area contributed by atoms with Crippen molar-refractivity contribution in [3.63, 3.8) is 0 Å².